The zero-order chi connectivity index (χ0) is 16.1. The minimum Gasteiger partial charge on any atom is -0.494 e. The van der Waals surface area contributed by atoms with Crippen LogP contribution in [0.1, 0.15) is 18.1 Å². The van der Waals surface area contributed by atoms with Crippen LogP contribution in [-0.4, -0.2) is 17.7 Å². The van der Waals surface area contributed by atoms with Crippen LogP contribution in [0.5, 0.6) is 5.75 Å². The van der Waals surface area contributed by atoms with E-state index in [0.717, 1.165) is 0 Å². The van der Waals surface area contributed by atoms with E-state index < -0.39 is 5.97 Å². The molecule has 0 heterocycles. The van der Waals surface area contributed by atoms with Crippen LogP contribution in [0.2, 0.25) is 10.0 Å². The van der Waals surface area contributed by atoms with Gasteiger partial charge in [-0.25, -0.2) is 4.79 Å². The zero-order valence-corrected chi connectivity index (χ0v) is 13.4. The number of hydrogen-bond acceptors (Lipinski definition) is 2. The van der Waals surface area contributed by atoms with Crippen molar-refractivity contribution in [3.8, 4) is 5.75 Å². The van der Waals surface area contributed by atoms with Crippen molar-refractivity contribution in [2.24, 2.45) is 0 Å². The molecule has 0 fully saturated rings. The third-order valence-electron chi connectivity index (χ3n) is 2.94. The summed E-state index contributed by atoms with van der Waals surface area (Å²) in [5.41, 5.74) is 1.37. The average molecular weight is 337 g/mol. The predicted octanol–water partition coefficient (Wildman–Crippen LogP) is 5.02. The number of hydrogen-bond donors (Lipinski definition) is 1. The Hall–Kier alpha value is -1.97. The second-order valence-electron chi connectivity index (χ2n) is 4.50. The number of benzene rings is 2. The van der Waals surface area contributed by atoms with Gasteiger partial charge in [-0.05, 0) is 48.4 Å². The molecule has 0 spiro atoms. The average Bonchev–Trinajstić information content (AvgIpc) is 2.48. The number of carboxylic acid groups (broad SMARTS) is 1. The summed E-state index contributed by atoms with van der Waals surface area (Å²) < 4.78 is 5.40. The first-order valence-corrected chi connectivity index (χ1v) is 7.40. The summed E-state index contributed by atoms with van der Waals surface area (Å²) in [6.45, 7) is 2.39. The van der Waals surface area contributed by atoms with Crippen LogP contribution >= 0.6 is 23.2 Å². The van der Waals surface area contributed by atoms with Gasteiger partial charge in [0.25, 0.3) is 0 Å². The fourth-order valence-corrected chi connectivity index (χ4v) is 2.26. The normalized spacial score (nSPS) is 11.3. The Morgan fingerprint density at radius 3 is 2.59 bits per heavy atom. The van der Waals surface area contributed by atoms with Gasteiger partial charge in [0.2, 0.25) is 0 Å². The first kappa shape index (κ1) is 16.4. The molecule has 2 aromatic rings. The van der Waals surface area contributed by atoms with E-state index in [1.54, 1.807) is 48.5 Å². The molecule has 0 unspecified atom stereocenters. The van der Waals surface area contributed by atoms with E-state index in [0.29, 0.717) is 33.5 Å². The third kappa shape index (κ3) is 4.03. The van der Waals surface area contributed by atoms with Gasteiger partial charge in [-0.1, -0.05) is 41.4 Å². The van der Waals surface area contributed by atoms with Crippen molar-refractivity contribution < 1.29 is 14.6 Å². The van der Waals surface area contributed by atoms with E-state index in [1.807, 2.05) is 6.92 Å². The Labute approximate surface area is 138 Å². The Balaban J connectivity index is 2.45. The first-order chi connectivity index (χ1) is 10.5. The van der Waals surface area contributed by atoms with E-state index in [4.69, 9.17) is 27.9 Å². The molecule has 0 saturated carbocycles. The van der Waals surface area contributed by atoms with E-state index in [1.165, 1.54) is 0 Å². The minimum atomic E-state index is -1.03. The molecular formula is C17H14Cl2O3. The van der Waals surface area contributed by atoms with Crippen molar-refractivity contribution >= 4 is 40.8 Å². The number of ether oxygens (including phenoxy) is 1. The SMILES string of the molecule is CCOc1cccc(/C(=C/c2ccc(Cl)c(Cl)c2)C(=O)O)c1. The quantitative estimate of drug-likeness (QED) is 0.616. The molecule has 0 bridgehead atoms. The molecule has 0 aromatic heterocycles. The van der Waals surface area contributed by atoms with Gasteiger partial charge in [-0.15, -0.1) is 0 Å². The van der Waals surface area contributed by atoms with Gasteiger partial charge >= 0.3 is 5.97 Å². The second-order valence-corrected chi connectivity index (χ2v) is 5.31. The Morgan fingerprint density at radius 1 is 1.18 bits per heavy atom. The van der Waals surface area contributed by atoms with Crippen LogP contribution in [0.25, 0.3) is 11.6 Å². The lowest BCUT2D eigenvalue weighted by molar-refractivity contribution is -0.130. The van der Waals surface area contributed by atoms with E-state index in [9.17, 15) is 9.90 Å². The number of rotatable bonds is 5. The van der Waals surface area contributed by atoms with Crippen molar-refractivity contribution in [3.63, 3.8) is 0 Å². The summed E-state index contributed by atoms with van der Waals surface area (Å²) in [7, 11) is 0. The van der Waals surface area contributed by atoms with Gasteiger partial charge < -0.3 is 9.84 Å². The Morgan fingerprint density at radius 2 is 1.95 bits per heavy atom. The van der Waals surface area contributed by atoms with E-state index >= 15 is 0 Å². The van der Waals surface area contributed by atoms with E-state index in [2.05, 4.69) is 0 Å². The molecule has 22 heavy (non-hydrogen) atoms. The van der Waals surface area contributed by atoms with Crippen molar-refractivity contribution in [2.45, 2.75) is 6.92 Å². The van der Waals surface area contributed by atoms with Crippen molar-refractivity contribution in [1.29, 1.82) is 0 Å². The van der Waals surface area contributed by atoms with Crippen LogP contribution < -0.4 is 4.74 Å². The van der Waals surface area contributed by atoms with Crippen LogP contribution in [0, 0.1) is 0 Å². The fraction of sp³-hybridized carbons (Fsp3) is 0.118. The molecular weight excluding hydrogens is 323 g/mol. The first-order valence-electron chi connectivity index (χ1n) is 6.64. The molecule has 2 rings (SSSR count). The maximum Gasteiger partial charge on any atom is 0.336 e. The van der Waals surface area contributed by atoms with Crippen LogP contribution in [0.3, 0.4) is 0 Å². The number of aliphatic carboxylic acids is 1. The Bertz CT molecular complexity index is 724. The summed E-state index contributed by atoms with van der Waals surface area (Å²) in [4.78, 5) is 11.6. The molecule has 3 nitrogen and oxygen atoms in total. The molecule has 0 aliphatic carbocycles. The van der Waals surface area contributed by atoms with Crippen LogP contribution in [-0.2, 0) is 4.79 Å². The largest absolute Gasteiger partial charge is 0.494 e. The molecule has 2 aromatic carbocycles. The summed E-state index contributed by atoms with van der Waals surface area (Å²) >= 11 is 11.8. The van der Waals surface area contributed by atoms with Gasteiger partial charge in [0.1, 0.15) is 5.75 Å². The molecule has 0 atom stereocenters. The molecule has 5 heteroatoms. The number of carboxylic acids is 1. The summed E-state index contributed by atoms with van der Waals surface area (Å²) in [6.07, 6.45) is 1.55. The lowest BCUT2D eigenvalue weighted by atomic mass is 10.0. The molecule has 0 amide bonds. The van der Waals surface area contributed by atoms with Gasteiger partial charge in [0, 0.05) is 0 Å². The highest BCUT2D eigenvalue weighted by molar-refractivity contribution is 6.42. The van der Waals surface area contributed by atoms with Crippen LogP contribution in [0.15, 0.2) is 42.5 Å². The van der Waals surface area contributed by atoms with E-state index in [-0.39, 0.29) is 5.57 Å². The number of halogens is 2. The third-order valence-corrected chi connectivity index (χ3v) is 3.68. The molecule has 114 valence electrons. The topological polar surface area (TPSA) is 46.5 Å². The van der Waals surface area contributed by atoms with Crippen molar-refractivity contribution in [2.75, 3.05) is 6.61 Å². The highest BCUT2D eigenvalue weighted by Gasteiger charge is 2.12. The minimum absolute atomic E-state index is 0.153. The number of carbonyl (C=O) groups is 1. The highest BCUT2D eigenvalue weighted by Crippen LogP contribution is 2.27. The molecule has 1 N–H and O–H groups in total. The second kappa shape index (κ2) is 7.34. The maximum atomic E-state index is 11.6. The lowest BCUT2D eigenvalue weighted by Crippen LogP contribution is -2.00. The zero-order valence-electron chi connectivity index (χ0n) is 11.8. The monoisotopic (exact) mass is 336 g/mol. The molecule has 0 aliphatic rings. The molecule has 0 aliphatic heterocycles. The molecule has 0 saturated heterocycles. The van der Waals surface area contributed by atoms with Gasteiger partial charge in [-0.3, -0.25) is 0 Å². The predicted molar refractivity (Wildman–Crippen MR) is 89.6 cm³/mol. The van der Waals surface area contributed by atoms with Gasteiger partial charge in [-0.2, -0.15) is 0 Å². The summed E-state index contributed by atoms with van der Waals surface area (Å²) in [6, 6.07) is 11.9. The lowest BCUT2D eigenvalue weighted by Gasteiger charge is -2.07. The fourth-order valence-electron chi connectivity index (χ4n) is 1.96. The van der Waals surface area contributed by atoms with Gasteiger partial charge in [0.15, 0.2) is 0 Å². The van der Waals surface area contributed by atoms with Gasteiger partial charge in [0.05, 0.1) is 22.2 Å². The standard InChI is InChI=1S/C17H14Cl2O3/c1-2-22-13-5-3-4-12(10-13)14(17(20)21)8-11-6-7-15(18)16(19)9-11/h3-10H,2H2,1H3,(H,20,21)/b14-8-. The Kier molecular flexibility index (Phi) is 5.47. The summed E-state index contributed by atoms with van der Waals surface area (Å²) in [5.74, 6) is -0.402. The van der Waals surface area contributed by atoms with Crippen molar-refractivity contribution in [1.82, 2.24) is 0 Å². The smallest absolute Gasteiger partial charge is 0.336 e. The highest BCUT2D eigenvalue weighted by atomic mass is 35.5. The summed E-state index contributed by atoms with van der Waals surface area (Å²) in [5, 5.41) is 10.3. The molecule has 0 radical (unpaired) electrons. The maximum absolute atomic E-state index is 11.6. The van der Waals surface area contributed by atoms with Crippen LogP contribution in [0.4, 0.5) is 0 Å². The van der Waals surface area contributed by atoms with Crippen molar-refractivity contribution in [3.05, 3.63) is 63.6 Å².